The van der Waals surface area contributed by atoms with Gasteiger partial charge in [-0.05, 0) is 41.6 Å². The Kier molecular flexibility index (Phi) is 5.88. The molecular weight excluding hydrogens is 463 g/mol. The average Bonchev–Trinajstić information content (AvgIpc) is 3.36. The second-order valence-corrected chi connectivity index (χ2v) is 9.76. The monoisotopic (exact) mass is 486 g/mol. The van der Waals surface area contributed by atoms with Crippen molar-refractivity contribution in [3.63, 3.8) is 0 Å². The average molecular weight is 487 g/mol. The van der Waals surface area contributed by atoms with Gasteiger partial charge in [-0.1, -0.05) is 78.4 Å². The molecule has 3 aromatic heterocycles. The zero-order valence-electron chi connectivity index (χ0n) is 19.8. The minimum Gasteiger partial charge on any atom is -0.260 e. The molecule has 6 aromatic rings. The Labute approximate surface area is 213 Å². The predicted molar refractivity (Wildman–Crippen MR) is 148 cm³/mol. The molecule has 0 aliphatic rings. The van der Waals surface area contributed by atoms with E-state index in [2.05, 4.69) is 54.8 Å². The van der Waals surface area contributed by atoms with Crippen LogP contribution in [0.3, 0.4) is 0 Å². The van der Waals surface area contributed by atoms with Gasteiger partial charge >= 0.3 is 0 Å². The normalized spacial score (nSPS) is 11.2. The van der Waals surface area contributed by atoms with Gasteiger partial charge in [-0.25, -0.2) is 4.39 Å². The number of aromatic nitrogens is 2. The number of rotatable bonds is 5. The molecule has 36 heavy (non-hydrogen) atoms. The molecule has 3 aromatic carbocycles. The van der Waals surface area contributed by atoms with Crippen molar-refractivity contribution < 1.29 is 4.39 Å². The number of halogens is 1. The van der Waals surface area contributed by atoms with Gasteiger partial charge in [0.1, 0.15) is 5.82 Å². The van der Waals surface area contributed by atoms with Gasteiger partial charge in [0.25, 0.3) is 0 Å². The Bertz CT molecular complexity index is 1670. The van der Waals surface area contributed by atoms with Gasteiger partial charge in [0.05, 0.1) is 11.4 Å². The third-order valence-electron chi connectivity index (χ3n) is 6.48. The van der Waals surface area contributed by atoms with Crippen molar-refractivity contribution in [1.29, 1.82) is 0 Å². The molecule has 0 atom stereocenters. The largest absolute Gasteiger partial charge is 0.260 e. The van der Waals surface area contributed by atoms with E-state index in [-0.39, 0.29) is 5.82 Å². The molecule has 0 aliphatic heterocycles. The first-order chi connectivity index (χ1) is 17.7. The fraction of sp³-hybridized carbons (Fsp3) is 0.0625. The highest BCUT2D eigenvalue weighted by atomic mass is 32.1. The number of aryl methyl sites for hydroxylation is 1. The molecule has 0 unspecified atom stereocenters. The molecule has 0 amide bonds. The summed E-state index contributed by atoms with van der Waals surface area (Å²) in [6.07, 6.45) is 4.35. The minimum absolute atomic E-state index is 0.246. The summed E-state index contributed by atoms with van der Waals surface area (Å²) in [5.74, 6) is -0.246. The lowest BCUT2D eigenvalue weighted by atomic mass is 9.95. The van der Waals surface area contributed by atoms with E-state index in [1.165, 1.54) is 17.2 Å². The van der Waals surface area contributed by atoms with Crippen LogP contribution in [0.25, 0.3) is 43.6 Å². The van der Waals surface area contributed by atoms with Crippen molar-refractivity contribution in [2.24, 2.45) is 0 Å². The standard InChI is InChI=1S/C32H23FN2S/c1-21-13-15-23(16-14-21)27-20-36-32-26(24-10-5-6-12-28(24)33)19-35-31(30(27)32)25-11-7-17-34-29(25)18-22-8-3-2-4-9-22/h2-17,19-20H,18H2,1H3. The molecule has 4 heteroatoms. The number of hydrogen-bond acceptors (Lipinski definition) is 3. The molecule has 0 saturated carbocycles. The lowest BCUT2D eigenvalue weighted by Gasteiger charge is -2.13. The van der Waals surface area contributed by atoms with Gasteiger partial charge in [-0.15, -0.1) is 11.3 Å². The van der Waals surface area contributed by atoms with Crippen molar-refractivity contribution in [3.8, 4) is 33.5 Å². The molecule has 0 spiro atoms. The zero-order chi connectivity index (χ0) is 24.5. The fourth-order valence-electron chi connectivity index (χ4n) is 4.65. The van der Waals surface area contributed by atoms with E-state index in [1.807, 2.05) is 48.8 Å². The Hall–Kier alpha value is -4.15. The Morgan fingerprint density at radius 2 is 1.47 bits per heavy atom. The van der Waals surface area contributed by atoms with Crippen molar-refractivity contribution in [1.82, 2.24) is 9.97 Å². The van der Waals surface area contributed by atoms with E-state index in [1.54, 1.807) is 17.4 Å². The van der Waals surface area contributed by atoms with Gasteiger partial charge in [0, 0.05) is 51.2 Å². The maximum Gasteiger partial charge on any atom is 0.131 e. The summed E-state index contributed by atoms with van der Waals surface area (Å²) >= 11 is 1.63. The molecule has 0 N–H and O–H groups in total. The first-order valence-electron chi connectivity index (χ1n) is 11.9. The molecule has 0 fully saturated rings. The van der Waals surface area contributed by atoms with Gasteiger partial charge < -0.3 is 0 Å². The Balaban J connectivity index is 1.61. The van der Waals surface area contributed by atoms with Crippen molar-refractivity contribution >= 4 is 21.4 Å². The third kappa shape index (κ3) is 4.10. The first-order valence-corrected chi connectivity index (χ1v) is 12.8. The van der Waals surface area contributed by atoms with Gasteiger partial charge in [0.2, 0.25) is 0 Å². The van der Waals surface area contributed by atoms with Gasteiger partial charge in [-0.2, -0.15) is 0 Å². The van der Waals surface area contributed by atoms with Crippen LogP contribution in [0.1, 0.15) is 16.8 Å². The highest BCUT2D eigenvalue weighted by Crippen LogP contribution is 2.44. The van der Waals surface area contributed by atoms with Crippen LogP contribution in [0, 0.1) is 12.7 Å². The molecule has 174 valence electrons. The number of benzene rings is 3. The minimum atomic E-state index is -0.246. The highest BCUT2D eigenvalue weighted by Gasteiger charge is 2.20. The second kappa shape index (κ2) is 9.48. The Morgan fingerprint density at radius 3 is 2.28 bits per heavy atom. The molecule has 3 heterocycles. The highest BCUT2D eigenvalue weighted by molar-refractivity contribution is 7.18. The lowest BCUT2D eigenvalue weighted by molar-refractivity contribution is 0.631. The van der Waals surface area contributed by atoms with Gasteiger partial charge in [0.15, 0.2) is 0 Å². The second-order valence-electron chi connectivity index (χ2n) is 8.88. The van der Waals surface area contributed by atoms with Crippen LogP contribution in [-0.2, 0) is 6.42 Å². The van der Waals surface area contributed by atoms with Crippen molar-refractivity contribution in [2.45, 2.75) is 13.3 Å². The van der Waals surface area contributed by atoms with E-state index in [4.69, 9.17) is 9.97 Å². The molecule has 2 nitrogen and oxygen atoms in total. The first kappa shape index (κ1) is 22.3. The van der Waals surface area contributed by atoms with Crippen molar-refractivity contribution in [2.75, 3.05) is 0 Å². The summed E-state index contributed by atoms with van der Waals surface area (Å²) in [5, 5.41) is 3.20. The lowest BCUT2D eigenvalue weighted by Crippen LogP contribution is -1.98. The van der Waals surface area contributed by atoms with Gasteiger partial charge in [-0.3, -0.25) is 9.97 Å². The van der Waals surface area contributed by atoms with Crippen LogP contribution in [0.4, 0.5) is 4.39 Å². The maximum atomic E-state index is 14.9. The smallest absolute Gasteiger partial charge is 0.131 e. The quantitative estimate of drug-likeness (QED) is 0.243. The molecule has 0 radical (unpaired) electrons. The number of pyridine rings is 2. The summed E-state index contributed by atoms with van der Waals surface area (Å²) < 4.78 is 15.9. The van der Waals surface area contributed by atoms with E-state index >= 15 is 0 Å². The zero-order valence-corrected chi connectivity index (χ0v) is 20.6. The van der Waals surface area contributed by atoms with E-state index in [9.17, 15) is 4.39 Å². The summed E-state index contributed by atoms with van der Waals surface area (Å²) in [7, 11) is 0. The Morgan fingerprint density at radius 1 is 0.722 bits per heavy atom. The molecule has 6 rings (SSSR count). The summed E-state index contributed by atoms with van der Waals surface area (Å²) in [6.45, 7) is 2.09. The topological polar surface area (TPSA) is 25.8 Å². The van der Waals surface area contributed by atoms with Crippen LogP contribution in [0.15, 0.2) is 109 Å². The maximum absolute atomic E-state index is 14.9. The van der Waals surface area contributed by atoms with Crippen LogP contribution in [0.2, 0.25) is 0 Å². The fourth-order valence-corrected chi connectivity index (χ4v) is 5.75. The van der Waals surface area contributed by atoms with Crippen LogP contribution in [-0.4, -0.2) is 9.97 Å². The van der Waals surface area contributed by atoms with Crippen LogP contribution >= 0.6 is 11.3 Å². The number of fused-ring (bicyclic) bond motifs is 1. The predicted octanol–water partition coefficient (Wildman–Crippen LogP) is 8.73. The van der Waals surface area contributed by atoms with Crippen LogP contribution < -0.4 is 0 Å². The summed E-state index contributed by atoms with van der Waals surface area (Å²) in [5.41, 5.74) is 8.84. The van der Waals surface area contributed by atoms with E-state index in [0.717, 1.165) is 43.7 Å². The molecular formula is C32H23FN2S. The third-order valence-corrected chi connectivity index (χ3v) is 7.49. The molecule has 0 saturated heterocycles. The van der Waals surface area contributed by atoms with Crippen LogP contribution in [0.5, 0.6) is 0 Å². The number of hydrogen-bond donors (Lipinski definition) is 0. The van der Waals surface area contributed by atoms with E-state index in [0.29, 0.717) is 12.0 Å². The molecule has 0 bridgehead atoms. The summed E-state index contributed by atoms with van der Waals surface area (Å²) in [4.78, 5) is 9.73. The SMILES string of the molecule is Cc1ccc(-c2csc3c(-c4ccccc4F)cnc(-c4cccnc4Cc4ccccc4)c23)cc1. The molecule has 0 aliphatic carbocycles. The number of nitrogens with zero attached hydrogens (tertiary/aromatic N) is 2. The number of thiophene rings is 1. The van der Waals surface area contributed by atoms with E-state index < -0.39 is 0 Å². The summed E-state index contributed by atoms with van der Waals surface area (Å²) in [6, 6.07) is 29.8. The van der Waals surface area contributed by atoms with Crippen molar-refractivity contribution in [3.05, 3.63) is 131 Å².